The van der Waals surface area contributed by atoms with E-state index >= 15 is 0 Å². The van der Waals surface area contributed by atoms with Crippen LogP contribution in [0.3, 0.4) is 0 Å². The average molecular weight is 367 g/mol. The Balaban J connectivity index is 2.32. The lowest BCUT2D eigenvalue weighted by atomic mass is 10.2. The minimum atomic E-state index is -0.323. The number of nitrogens with one attached hydrogen (secondary N) is 1. The van der Waals surface area contributed by atoms with Crippen LogP contribution in [0.5, 0.6) is 5.75 Å². The second-order valence-electron chi connectivity index (χ2n) is 4.70. The highest BCUT2D eigenvalue weighted by Gasteiger charge is 2.12. The summed E-state index contributed by atoms with van der Waals surface area (Å²) in [6, 6.07) is 8.85. The van der Waals surface area contributed by atoms with Gasteiger partial charge in [-0.25, -0.2) is 4.39 Å². The monoisotopic (exact) mass is 366 g/mol. The highest BCUT2D eigenvalue weighted by molar-refractivity contribution is 9.10. The second-order valence-corrected chi connectivity index (χ2v) is 5.94. The summed E-state index contributed by atoms with van der Waals surface area (Å²) in [5.41, 5.74) is 3.38. The van der Waals surface area contributed by atoms with Gasteiger partial charge in [-0.15, -0.1) is 0 Å². The van der Waals surface area contributed by atoms with Gasteiger partial charge >= 0.3 is 0 Å². The van der Waals surface area contributed by atoms with E-state index in [4.69, 9.17) is 17.0 Å². The normalized spacial score (nSPS) is 11.0. The lowest BCUT2D eigenvalue weighted by Crippen LogP contribution is -1.98. The topological polar surface area (TPSA) is 29.9 Å². The largest absolute Gasteiger partial charge is 0.497 e. The van der Waals surface area contributed by atoms with E-state index in [0.29, 0.717) is 14.8 Å². The summed E-state index contributed by atoms with van der Waals surface area (Å²) in [7, 11) is 1.62. The van der Waals surface area contributed by atoms with Crippen molar-refractivity contribution in [3.8, 4) is 11.4 Å². The van der Waals surface area contributed by atoms with Crippen molar-refractivity contribution in [3.05, 3.63) is 51.0 Å². The SMILES string of the molecule is COc1ccc(-n2c(=S)[nH]c3cc(Br)c(F)cc32)c(C)c1. The quantitative estimate of drug-likeness (QED) is 0.653. The highest BCUT2D eigenvalue weighted by atomic mass is 79.9. The van der Waals surface area contributed by atoms with Crippen LogP contribution in [0, 0.1) is 17.5 Å². The van der Waals surface area contributed by atoms with Crippen molar-refractivity contribution in [1.82, 2.24) is 9.55 Å². The van der Waals surface area contributed by atoms with Crippen molar-refractivity contribution in [3.63, 3.8) is 0 Å². The van der Waals surface area contributed by atoms with Gasteiger partial charge < -0.3 is 9.72 Å². The number of H-pyrrole nitrogens is 1. The van der Waals surface area contributed by atoms with E-state index in [1.807, 2.05) is 29.7 Å². The van der Waals surface area contributed by atoms with Crippen LogP contribution in [0.4, 0.5) is 4.39 Å². The lowest BCUT2D eigenvalue weighted by Gasteiger charge is -2.10. The zero-order valence-electron chi connectivity index (χ0n) is 11.4. The average Bonchev–Trinajstić information content (AvgIpc) is 2.75. The first-order valence-corrected chi connectivity index (χ1v) is 7.46. The van der Waals surface area contributed by atoms with Crippen molar-refractivity contribution in [2.24, 2.45) is 0 Å². The van der Waals surface area contributed by atoms with Gasteiger partial charge in [0.15, 0.2) is 4.77 Å². The number of ether oxygens (including phenoxy) is 1. The van der Waals surface area contributed by atoms with Crippen LogP contribution in [-0.4, -0.2) is 16.7 Å². The molecule has 6 heteroatoms. The van der Waals surface area contributed by atoms with Crippen LogP contribution in [0.25, 0.3) is 16.7 Å². The third-order valence-corrected chi connectivity index (χ3v) is 4.26. The molecule has 108 valence electrons. The van der Waals surface area contributed by atoms with Crippen LogP contribution in [0.15, 0.2) is 34.8 Å². The molecule has 3 nitrogen and oxygen atoms in total. The number of aromatic amines is 1. The van der Waals surface area contributed by atoms with Gasteiger partial charge in [0, 0.05) is 6.07 Å². The zero-order chi connectivity index (χ0) is 15.1. The van der Waals surface area contributed by atoms with E-state index in [-0.39, 0.29) is 5.82 Å². The minimum Gasteiger partial charge on any atom is -0.497 e. The van der Waals surface area contributed by atoms with E-state index in [0.717, 1.165) is 22.5 Å². The van der Waals surface area contributed by atoms with Crippen molar-refractivity contribution in [2.45, 2.75) is 6.92 Å². The van der Waals surface area contributed by atoms with Crippen LogP contribution >= 0.6 is 28.1 Å². The van der Waals surface area contributed by atoms with Crippen LogP contribution < -0.4 is 4.74 Å². The molecule has 0 spiro atoms. The molecule has 0 atom stereocenters. The van der Waals surface area contributed by atoms with Gasteiger partial charge in [-0.2, -0.15) is 0 Å². The number of nitrogens with zero attached hydrogens (tertiary/aromatic N) is 1. The van der Waals surface area contributed by atoms with E-state index in [9.17, 15) is 4.39 Å². The van der Waals surface area contributed by atoms with Gasteiger partial charge in [0.25, 0.3) is 0 Å². The van der Waals surface area contributed by atoms with Crippen LogP contribution in [0.1, 0.15) is 5.56 Å². The maximum absolute atomic E-state index is 13.8. The third kappa shape index (κ3) is 2.38. The van der Waals surface area contributed by atoms with Gasteiger partial charge in [0.05, 0.1) is 28.3 Å². The number of imidazole rings is 1. The number of fused-ring (bicyclic) bond motifs is 1. The lowest BCUT2D eigenvalue weighted by molar-refractivity contribution is 0.414. The zero-order valence-corrected chi connectivity index (χ0v) is 13.8. The Morgan fingerprint density at radius 3 is 2.71 bits per heavy atom. The molecule has 2 aromatic carbocycles. The maximum atomic E-state index is 13.8. The molecule has 0 aliphatic carbocycles. The summed E-state index contributed by atoms with van der Waals surface area (Å²) in [5.74, 6) is 0.452. The van der Waals surface area contributed by atoms with Crippen molar-refractivity contribution >= 4 is 39.2 Å². The highest BCUT2D eigenvalue weighted by Crippen LogP contribution is 2.28. The van der Waals surface area contributed by atoms with Gasteiger partial charge in [-0.1, -0.05) is 0 Å². The number of methoxy groups -OCH3 is 1. The van der Waals surface area contributed by atoms with Crippen molar-refractivity contribution in [2.75, 3.05) is 7.11 Å². The molecule has 3 aromatic rings. The number of aryl methyl sites for hydroxylation is 1. The van der Waals surface area contributed by atoms with E-state index < -0.39 is 0 Å². The number of hydrogen-bond donors (Lipinski definition) is 1. The third-order valence-electron chi connectivity index (χ3n) is 3.37. The summed E-state index contributed by atoms with van der Waals surface area (Å²) in [6.07, 6.45) is 0. The molecule has 0 aliphatic heterocycles. The van der Waals surface area contributed by atoms with Gasteiger partial charge in [0.2, 0.25) is 0 Å². The minimum absolute atomic E-state index is 0.323. The van der Waals surface area contributed by atoms with Gasteiger partial charge in [-0.05, 0) is 64.9 Å². The molecule has 0 saturated heterocycles. The van der Waals surface area contributed by atoms with Crippen molar-refractivity contribution in [1.29, 1.82) is 0 Å². The Labute approximate surface area is 134 Å². The second kappa shape index (κ2) is 5.27. The fraction of sp³-hybridized carbons (Fsp3) is 0.133. The molecular formula is C15H12BrFN2OS. The van der Waals surface area contributed by atoms with E-state index in [1.165, 1.54) is 6.07 Å². The molecule has 0 radical (unpaired) electrons. The maximum Gasteiger partial charge on any atom is 0.182 e. The predicted molar refractivity (Wildman–Crippen MR) is 87.4 cm³/mol. The first-order chi connectivity index (χ1) is 10.0. The first-order valence-electron chi connectivity index (χ1n) is 6.26. The number of rotatable bonds is 2. The molecule has 0 unspecified atom stereocenters. The summed E-state index contributed by atoms with van der Waals surface area (Å²) in [5, 5.41) is 0. The van der Waals surface area contributed by atoms with Gasteiger partial charge in [-0.3, -0.25) is 4.57 Å². The Morgan fingerprint density at radius 2 is 2.05 bits per heavy atom. The molecule has 3 rings (SSSR count). The summed E-state index contributed by atoms with van der Waals surface area (Å²) in [4.78, 5) is 3.10. The molecule has 0 amide bonds. The first kappa shape index (κ1) is 14.3. The Kier molecular flexibility index (Phi) is 3.59. The number of aromatic nitrogens is 2. The van der Waals surface area contributed by atoms with Crippen LogP contribution in [-0.2, 0) is 0 Å². The van der Waals surface area contributed by atoms with Gasteiger partial charge in [0.1, 0.15) is 11.6 Å². The molecule has 1 heterocycles. The fourth-order valence-electron chi connectivity index (χ4n) is 2.35. The molecule has 1 N–H and O–H groups in total. The molecule has 0 aliphatic rings. The van der Waals surface area contributed by atoms with E-state index in [2.05, 4.69) is 20.9 Å². The van der Waals surface area contributed by atoms with Crippen molar-refractivity contribution < 1.29 is 9.13 Å². The Bertz CT molecular complexity index is 901. The van der Waals surface area contributed by atoms with E-state index in [1.54, 1.807) is 13.2 Å². The standard InChI is InChI=1S/C15H12BrFN2OS/c1-8-5-9(20-2)3-4-13(8)19-14-7-11(17)10(16)6-12(14)18-15(19)21/h3-7H,1-2H3,(H,18,21). The number of halogens is 2. The molecule has 21 heavy (non-hydrogen) atoms. The smallest absolute Gasteiger partial charge is 0.182 e. The Hall–Kier alpha value is -1.66. The molecular weight excluding hydrogens is 355 g/mol. The summed E-state index contributed by atoms with van der Waals surface area (Å²) < 4.78 is 21.8. The summed E-state index contributed by atoms with van der Waals surface area (Å²) >= 11 is 8.57. The molecule has 1 aromatic heterocycles. The number of hydrogen-bond acceptors (Lipinski definition) is 2. The molecule has 0 fully saturated rings. The Morgan fingerprint density at radius 1 is 1.29 bits per heavy atom. The van der Waals surface area contributed by atoms with Crippen LogP contribution in [0.2, 0.25) is 0 Å². The molecule has 0 bridgehead atoms. The summed E-state index contributed by atoms with van der Waals surface area (Å²) in [6.45, 7) is 1.97. The fourth-order valence-corrected chi connectivity index (χ4v) is 3.00. The number of benzene rings is 2. The molecule has 0 saturated carbocycles. The predicted octanol–water partition coefficient (Wildman–Crippen LogP) is 4.91.